The minimum atomic E-state index is -0.280. The van der Waals surface area contributed by atoms with E-state index in [0.29, 0.717) is 29.3 Å². The highest BCUT2D eigenvalue weighted by Crippen LogP contribution is 2.29. The summed E-state index contributed by atoms with van der Waals surface area (Å²) in [6.45, 7) is 0.348. The van der Waals surface area contributed by atoms with Gasteiger partial charge in [0.1, 0.15) is 17.7 Å². The number of hydrogen-bond donors (Lipinski definition) is 1. The lowest BCUT2D eigenvalue weighted by Crippen LogP contribution is -2.34. The van der Waals surface area contributed by atoms with Crippen LogP contribution < -0.4 is 10.1 Å². The Morgan fingerprint density at radius 3 is 2.95 bits per heavy atom. The van der Waals surface area contributed by atoms with Gasteiger partial charge < -0.3 is 10.1 Å². The number of nitrogens with one attached hydrogen (secondary N) is 1. The minimum Gasteiger partial charge on any atom is -0.488 e. The number of ether oxygens (including phenoxy) is 1. The molecule has 0 bridgehead atoms. The van der Waals surface area contributed by atoms with Gasteiger partial charge in [-0.25, -0.2) is 4.39 Å². The van der Waals surface area contributed by atoms with Crippen LogP contribution in [0.3, 0.4) is 0 Å². The first-order valence-corrected chi connectivity index (χ1v) is 6.99. The van der Waals surface area contributed by atoms with E-state index in [1.165, 1.54) is 12.1 Å². The predicted molar refractivity (Wildman–Crippen MR) is 78.3 cm³/mol. The van der Waals surface area contributed by atoms with Crippen molar-refractivity contribution >= 4 is 17.5 Å². The summed E-state index contributed by atoms with van der Waals surface area (Å²) in [5.74, 6) is 0.151. The summed E-state index contributed by atoms with van der Waals surface area (Å²) in [6.07, 6.45) is 0.392. The molecule has 0 fully saturated rings. The number of carbonyl (C=O) groups excluding carboxylic acids is 1. The average molecular weight is 306 g/mol. The topological polar surface area (TPSA) is 38.3 Å². The summed E-state index contributed by atoms with van der Waals surface area (Å²) in [7, 11) is 0. The molecular formula is C16H13ClFNO2. The maximum Gasteiger partial charge on any atom is 0.252 e. The zero-order valence-electron chi connectivity index (χ0n) is 11.1. The number of amides is 1. The van der Waals surface area contributed by atoms with E-state index in [-0.39, 0.29) is 17.8 Å². The van der Waals surface area contributed by atoms with Crippen LogP contribution in [-0.2, 0) is 6.42 Å². The van der Waals surface area contributed by atoms with Gasteiger partial charge in [0.25, 0.3) is 5.91 Å². The van der Waals surface area contributed by atoms with Crippen molar-refractivity contribution < 1.29 is 13.9 Å². The molecule has 0 aliphatic carbocycles. The molecule has 0 aromatic heterocycles. The summed E-state index contributed by atoms with van der Waals surface area (Å²) in [6, 6.07) is 11.3. The molecule has 0 radical (unpaired) electrons. The van der Waals surface area contributed by atoms with Crippen LogP contribution in [0.2, 0.25) is 5.02 Å². The van der Waals surface area contributed by atoms with E-state index >= 15 is 0 Å². The van der Waals surface area contributed by atoms with E-state index < -0.39 is 0 Å². The molecule has 0 saturated carbocycles. The molecule has 108 valence electrons. The van der Waals surface area contributed by atoms with E-state index in [4.69, 9.17) is 16.3 Å². The molecule has 3 nitrogen and oxygen atoms in total. The first-order valence-electron chi connectivity index (χ1n) is 6.61. The Morgan fingerprint density at radius 2 is 2.14 bits per heavy atom. The van der Waals surface area contributed by atoms with Crippen molar-refractivity contribution in [2.75, 3.05) is 6.54 Å². The SMILES string of the molecule is O=C(NCC1Cc2cc(F)ccc2O1)c1ccccc1Cl. The number of hydrogen-bond acceptors (Lipinski definition) is 2. The monoisotopic (exact) mass is 305 g/mol. The van der Waals surface area contributed by atoms with Crippen molar-refractivity contribution in [3.8, 4) is 5.75 Å². The summed E-state index contributed by atoms with van der Waals surface area (Å²) in [5.41, 5.74) is 1.26. The molecule has 1 heterocycles. The molecule has 1 amide bonds. The predicted octanol–water partition coefficient (Wildman–Crippen LogP) is 3.21. The molecule has 3 rings (SSSR count). The molecule has 1 unspecified atom stereocenters. The number of carbonyl (C=O) groups is 1. The van der Waals surface area contributed by atoms with Crippen molar-refractivity contribution in [3.05, 3.63) is 64.4 Å². The molecule has 5 heteroatoms. The molecule has 1 atom stereocenters. The summed E-state index contributed by atoms with van der Waals surface area (Å²) >= 11 is 5.97. The van der Waals surface area contributed by atoms with Gasteiger partial charge in [0.05, 0.1) is 17.1 Å². The largest absolute Gasteiger partial charge is 0.488 e. The van der Waals surface area contributed by atoms with Crippen molar-refractivity contribution in [3.63, 3.8) is 0 Å². The second-order valence-electron chi connectivity index (χ2n) is 4.89. The van der Waals surface area contributed by atoms with E-state index in [2.05, 4.69) is 5.32 Å². The fourth-order valence-corrected chi connectivity index (χ4v) is 2.57. The van der Waals surface area contributed by atoms with Crippen LogP contribution in [0.15, 0.2) is 42.5 Å². The molecule has 0 saturated heterocycles. The lowest BCUT2D eigenvalue weighted by Gasteiger charge is -2.12. The Labute approximate surface area is 126 Å². The van der Waals surface area contributed by atoms with Crippen LogP contribution in [0.25, 0.3) is 0 Å². The highest BCUT2D eigenvalue weighted by atomic mass is 35.5. The maximum atomic E-state index is 13.1. The zero-order valence-corrected chi connectivity index (χ0v) is 11.9. The fourth-order valence-electron chi connectivity index (χ4n) is 2.35. The zero-order chi connectivity index (χ0) is 14.8. The summed E-state index contributed by atoms with van der Waals surface area (Å²) < 4.78 is 18.8. The van der Waals surface area contributed by atoms with Gasteiger partial charge in [-0.1, -0.05) is 23.7 Å². The third-order valence-electron chi connectivity index (χ3n) is 3.37. The van der Waals surface area contributed by atoms with Crippen LogP contribution in [0, 0.1) is 5.82 Å². The van der Waals surface area contributed by atoms with E-state index in [9.17, 15) is 9.18 Å². The lowest BCUT2D eigenvalue weighted by atomic mass is 10.1. The quantitative estimate of drug-likeness (QED) is 0.945. The Bertz CT molecular complexity index is 690. The molecule has 1 aliphatic rings. The fraction of sp³-hybridized carbons (Fsp3) is 0.188. The number of rotatable bonds is 3. The number of fused-ring (bicyclic) bond motifs is 1. The Balaban J connectivity index is 1.60. The second kappa shape index (κ2) is 5.74. The molecule has 1 aliphatic heterocycles. The van der Waals surface area contributed by atoms with Crippen LogP contribution in [0.1, 0.15) is 15.9 Å². The number of halogens is 2. The van der Waals surface area contributed by atoms with Crippen LogP contribution in [-0.4, -0.2) is 18.6 Å². The lowest BCUT2D eigenvalue weighted by molar-refractivity contribution is 0.0933. The van der Waals surface area contributed by atoms with Crippen molar-refractivity contribution in [1.82, 2.24) is 5.32 Å². The van der Waals surface area contributed by atoms with Crippen molar-refractivity contribution in [1.29, 1.82) is 0 Å². The maximum absolute atomic E-state index is 13.1. The third kappa shape index (κ3) is 3.00. The van der Waals surface area contributed by atoms with E-state index in [1.807, 2.05) is 0 Å². The number of benzene rings is 2. The molecule has 2 aromatic rings. The van der Waals surface area contributed by atoms with Gasteiger partial charge in [-0.2, -0.15) is 0 Å². The Kier molecular flexibility index (Phi) is 3.80. The summed E-state index contributed by atoms with van der Waals surface area (Å²) in [4.78, 5) is 12.0. The third-order valence-corrected chi connectivity index (χ3v) is 3.70. The molecule has 21 heavy (non-hydrogen) atoms. The molecule has 2 aromatic carbocycles. The minimum absolute atomic E-state index is 0.187. The van der Waals surface area contributed by atoms with Crippen molar-refractivity contribution in [2.24, 2.45) is 0 Å². The van der Waals surface area contributed by atoms with Gasteiger partial charge in [0, 0.05) is 12.0 Å². The first-order chi connectivity index (χ1) is 10.1. The highest BCUT2D eigenvalue weighted by molar-refractivity contribution is 6.33. The van der Waals surface area contributed by atoms with E-state index in [0.717, 1.165) is 5.56 Å². The van der Waals surface area contributed by atoms with E-state index in [1.54, 1.807) is 30.3 Å². The Morgan fingerprint density at radius 1 is 1.33 bits per heavy atom. The molecule has 0 spiro atoms. The van der Waals surface area contributed by atoms with Gasteiger partial charge in [-0.05, 0) is 30.3 Å². The van der Waals surface area contributed by atoms with Gasteiger partial charge in [-0.3, -0.25) is 4.79 Å². The van der Waals surface area contributed by atoms with Crippen molar-refractivity contribution in [2.45, 2.75) is 12.5 Å². The van der Waals surface area contributed by atoms with Gasteiger partial charge in [0.2, 0.25) is 0 Å². The average Bonchev–Trinajstić information content (AvgIpc) is 2.87. The first kappa shape index (κ1) is 13.9. The normalized spacial score (nSPS) is 16.2. The Hall–Kier alpha value is -2.07. The molecule has 1 N–H and O–H groups in total. The smallest absolute Gasteiger partial charge is 0.252 e. The highest BCUT2D eigenvalue weighted by Gasteiger charge is 2.24. The van der Waals surface area contributed by atoms with Gasteiger partial charge in [-0.15, -0.1) is 0 Å². The van der Waals surface area contributed by atoms with Gasteiger partial charge >= 0.3 is 0 Å². The van der Waals surface area contributed by atoms with Gasteiger partial charge in [0.15, 0.2) is 0 Å². The molecular weight excluding hydrogens is 293 g/mol. The standard InChI is InChI=1S/C16H13ClFNO2/c17-14-4-2-1-3-13(14)16(20)19-9-12-8-10-7-11(18)5-6-15(10)21-12/h1-7,12H,8-9H2,(H,19,20). The van der Waals surface area contributed by atoms with Crippen LogP contribution in [0.5, 0.6) is 5.75 Å². The van der Waals surface area contributed by atoms with Crippen LogP contribution >= 0.6 is 11.6 Å². The summed E-state index contributed by atoms with van der Waals surface area (Å²) in [5, 5.41) is 3.20. The van der Waals surface area contributed by atoms with Crippen LogP contribution in [0.4, 0.5) is 4.39 Å². The second-order valence-corrected chi connectivity index (χ2v) is 5.29.